The first kappa shape index (κ1) is 14.4. The lowest BCUT2D eigenvalue weighted by atomic mass is 10.1. The number of nitro benzene ring substituents is 1. The maximum Gasteiger partial charge on any atom is 0.292 e. The molecule has 0 fully saturated rings. The number of hydrogen-bond donors (Lipinski definition) is 1. The van der Waals surface area contributed by atoms with Gasteiger partial charge in [-0.15, -0.1) is 0 Å². The van der Waals surface area contributed by atoms with Crippen molar-refractivity contribution in [1.82, 2.24) is 4.90 Å². The highest BCUT2D eigenvalue weighted by Gasteiger charge is 2.17. The minimum atomic E-state index is -0.514. The summed E-state index contributed by atoms with van der Waals surface area (Å²) in [6.45, 7) is 0.321. The van der Waals surface area contributed by atoms with E-state index < -0.39 is 4.92 Å². The summed E-state index contributed by atoms with van der Waals surface area (Å²) in [5, 5.41) is 21.9. The van der Waals surface area contributed by atoms with Crippen LogP contribution in [0.5, 0.6) is 0 Å². The molecule has 0 radical (unpaired) electrons. The smallest absolute Gasteiger partial charge is 0.292 e. The van der Waals surface area contributed by atoms with Crippen LogP contribution < -0.4 is 5.32 Å². The van der Waals surface area contributed by atoms with E-state index in [-0.39, 0.29) is 23.7 Å². The summed E-state index contributed by atoms with van der Waals surface area (Å²) in [6.07, 6.45) is 0.244. The molecule has 7 nitrogen and oxygen atoms in total. The van der Waals surface area contributed by atoms with Crippen molar-refractivity contribution in [3.63, 3.8) is 0 Å². The highest BCUT2D eigenvalue weighted by molar-refractivity contribution is 5.95. The molecule has 0 saturated heterocycles. The second kappa shape index (κ2) is 6.35. The molecule has 7 heteroatoms. The van der Waals surface area contributed by atoms with Crippen LogP contribution in [0, 0.1) is 21.4 Å². The molecule has 1 amide bonds. The molecule has 0 aromatic heterocycles. The maximum atomic E-state index is 12.0. The van der Waals surface area contributed by atoms with Gasteiger partial charge in [-0.2, -0.15) is 5.26 Å². The molecule has 0 saturated carbocycles. The van der Waals surface area contributed by atoms with E-state index in [1.165, 1.54) is 23.1 Å². The van der Waals surface area contributed by atoms with Crippen LogP contribution in [0.4, 0.5) is 11.4 Å². The van der Waals surface area contributed by atoms with Gasteiger partial charge in [0.25, 0.3) is 11.6 Å². The number of anilines is 1. The second-order valence-electron chi connectivity index (χ2n) is 3.87. The molecule has 0 atom stereocenters. The van der Waals surface area contributed by atoms with Crippen molar-refractivity contribution in [2.24, 2.45) is 0 Å². The van der Waals surface area contributed by atoms with Gasteiger partial charge in [0, 0.05) is 32.3 Å². The normalized spacial score (nSPS) is 9.53. The summed E-state index contributed by atoms with van der Waals surface area (Å²) in [7, 11) is 3.14. The lowest BCUT2D eigenvalue weighted by molar-refractivity contribution is -0.383. The number of nitrogens with zero attached hydrogens (tertiary/aromatic N) is 3. The number of carbonyl (C=O) groups excluding carboxylic acids is 1. The van der Waals surface area contributed by atoms with Gasteiger partial charge in [-0.05, 0) is 12.1 Å². The molecule has 0 aliphatic carbocycles. The molecular weight excluding hydrogens is 248 g/mol. The van der Waals surface area contributed by atoms with Crippen LogP contribution in [0.2, 0.25) is 0 Å². The molecule has 0 aliphatic heterocycles. The average Bonchev–Trinajstić information content (AvgIpc) is 2.42. The third-order valence-corrected chi connectivity index (χ3v) is 2.62. The van der Waals surface area contributed by atoms with Crippen molar-refractivity contribution in [2.45, 2.75) is 6.42 Å². The average molecular weight is 262 g/mol. The molecule has 1 rings (SSSR count). The molecule has 0 aliphatic rings. The topological polar surface area (TPSA) is 99.3 Å². The second-order valence-corrected chi connectivity index (χ2v) is 3.87. The minimum absolute atomic E-state index is 0.0845. The summed E-state index contributed by atoms with van der Waals surface area (Å²) in [6, 6.07) is 6.09. The molecule has 0 heterocycles. The van der Waals surface area contributed by atoms with Crippen LogP contribution in [-0.4, -0.2) is 36.4 Å². The zero-order valence-corrected chi connectivity index (χ0v) is 10.7. The zero-order chi connectivity index (χ0) is 14.4. The van der Waals surface area contributed by atoms with Crippen molar-refractivity contribution in [1.29, 1.82) is 5.26 Å². The zero-order valence-electron chi connectivity index (χ0n) is 10.7. The lowest BCUT2D eigenvalue weighted by Crippen LogP contribution is -2.27. The van der Waals surface area contributed by atoms with Gasteiger partial charge in [0.1, 0.15) is 5.69 Å². The number of rotatable bonds is 5. The monoisotopic (exact) mass is 262 g/mol. The van der Waals surface area contributed by atoms with Gasteiger partial charge in [-0.3, -0.25) is 14.9 Å². The van der Waals surface area contributed by atoms with E-state index in [1.807, 2.05) is 6.07 Å². The van der Waals surface area contributed by atoms with E-state index in [9.17, 15) is 14.9 Å². The number of nitriles is 1. The van der Waals surface area contributed by atoms with Crippen molar-refractivity contribution >= 4 is 17.3 Å². The first-order valence-electron chi connectivity index (χ1n) is 5.60. The first-order valence-corrected chi connectivity index (χ1v) is 5.60. The molecule has 100 valence electrons. The Hall–Kier alpha value is -2.62. The number of amides is 1. The van der Waals surface area contributed by atoms with Crippen LogP contribution in [-0.2, 0) is 0 Å². The van der Waals surface area contributed by atoms with E-state index >= 15 is 0 Å². The quantitative estimate of drug-likeness (QED) is 0.642. The molecule has 1 aromatic carbocycles. The Morgan fingerprint density at radius 1 is 1.58 bits per heavy atom. The van der Waals surface area contributed by atoms with Gasteiger partial charge in [0.05, 0.1) is 17.4 Å². The number of carbonyl (C=O) groups is 1. The van der Waals surface area contributed by atoms with Gasteiger partial charge >= 0.3 is 0 Å². The van der Waals surface area contributed by atoms with Crippen LogP contribution in [0.3, 0.4) is 0 Å². The molecule has 0 bridgehead atoms. The third-order valence-electron chi connectivity index (χ3n) is 2.62. The summed E-state index contributed by atoms with van der Waals surface area (Å²) in [5.41, 5.74) is 0.540. The predicted molar refractivity (Wildman–Crippen MR) is 69.8 cm³/mol. The number of nitrogens with one attached hydrogen (secondary N) is 1. The fourth-order valence-electron chi connectivity index (χ4n) is 1.57. The molecule has 1 N–H and O–H groups in total. The Kier molecular flexibility index (Phi) is 4.83. The summed E-state index contributed by atoms with van der Waals surface area (Å²) < 4.78 is 0. The van der Waals surface area contributed by atoms with Crippen LogP contribution in [0.15, 0.2) is 18.2 Å². The first-order chi connectivity index (χ1) is 9.01. The highest BCUT2D eigenvalue weighted by atomic mass is 16.6. The number of hydrogen-bond acceptors (Lipinski definition) is 5. The number of benzene rings is 1. The lowest BCUT2D eigenvalue weighted by Gasteiger charge is -2.15. The Morgan fingerprint density at radius 2 is 2.26 bits per heavy atom. The van der Waals surface area contributed by atoms with Crippen LogP contribution in [0.1, 0.15) is 16.8 Å². The van der Waals surface area contributed by atoms with E-state index in [1.54, 1.807) is 14.1 Å². The fourth-order valence-corrected chi connectivity index (χ4v) is 1.57. The standard InChI is InChI=1S/C12H14N4O3/c1-14-10-8-9(4-5-11(10)16(18)19)12(17)15(2)7-3-6-13/h4-5,8,14H,3,7H2,1-2H3. The molecule has 0 unspecified atom stereocenters. The summed E-state index contributed by atoms with van der Waals surface area (Å²) in [5.74, 6) is -0.276. The maximum absolute atomic E-state index is 12.0. The Bertz CT molecular complexity index is 536. The SMILES string of the molecule is CNc1cc(C(=O)N(C)CCC#N)ccc1[N+](=O)[O-]. The fraction of sp³-hybridized carbons (Fsp3) is 0.333. The van der Waals surface area contributed by atoms with Gasteiger partial charge in [-0.25, -0.2) is 0 Å². The minimum Gasteiger partial charge on any atom is -0.383 e. The summed E-state index contributed by atoms with van der Waals surface area (Å²) >= 11 is 0. The van der Waals surface area contributed by atoms with Crippen molar-refractivity contribution in [3.05, 3.63) is 33.9 Å². The number of nitro groups is 1. The molecular formula is C12H14N4O3. The van der Waals surface area contributed by atoms with E-state index in [2.05, 4.69) is 5.32 Å². The molecule has 0 spiro atoms. The van der Waals surface area contributed by atoms with Gasteiger partial charge in [-0.1, -0.05) is 0 Å². The van der Waals surface area contributed by atoms with Crippen molar-refractivity contribution < 1.29 is 9.72 Å². The van der Waals surface area contributed by atoms with Crippen molar-refractivity contribution in [2.75, 3.05) is 26.0 Å². The van der Waals surface area contributed by atoms with E-state index in [0.29, 0.717) is 12.1 Å². The van der Waals surface area contributed by atoms with Crippen LogP contribution >= 0.6 is 0 Å². The van der Waals surface area contributed by atoms with Crippen LogP contribution in [0.25, 0.3) is 0 Å². The largest absolute Gasteiger partial charge is 0.383 e. The Balaban J connectivity index is 2.99. The highest BCUT2D eigenvalue weighted by Crippen LogP contribution is 2.25. The van der Waals surface area contributed by atoms with Gasteiger partial charge < -0.3 is 10.2 Å². The van der Waals surface area contributed by atoms with E-state index in [0.717, 1.165) is 0 Å². The summed E-state index contributed by atoms with van der Waals surface area (Å²) in [4.78, 5) is 23.7. The Labute approximate surface area is 110 Å². The van der Waals surface area contributed by atoms with Gasteiger partial charge in [0.15, 0.2) is 0 Å². The Morgan fingerprint density at radius 3 is 2.79 bits per heavy atom. The van der Waals surface area contributed by atoms with Gasteiger partial charge in [0.2, 0.25) is 0 Å². The molecule has 19 heavy (non-hydrogen) atoms. The molecule has 1 aromatic rings. The van der Waals surface area contributed by atoms with Crippen molar-refractivity contribution in [3.8, 4) is 6.07 Å². The van der Waals surface area contributed by atoms with E-state index in [4.69, 9.17) is 5.26 Å². The predicted octanol–water partition coefficient (Wildman–Crippen LogP) is 1.62. The third kappa shape index (κ3) is 3.42.